The van der Waals surface area contributed by atoms with Gasteiger partial charge in [-0.1, -0.05) is 53.7 Å². The van der Waals surface area contributed by atoms with Gasteiger partial charge in [-0.25, -0.2) is 0 Å². The SMILES string of the molecule is CC(C)(C)c1cc(-n2nc3c(=S(=O)=O)cccc-3[nH]2)c(O)c(C(C)(C)C)c1. The molecule has 2 aliphatic rings. The summed E-state index contributed by atoms with van der Waals surface area (Å²) in [6, 6.07) is 8.83. The zero-order valence-corrected chi connectivity index (χ0v) is 17.3. The van der Waals surface area contributed by atoms with Crippen LogP contribution in [0.2, 0.25) is 0 Å². The van der Waals surface area contributed by atoms with Crippen LogP contribution in [0.4, 0.5) is 0 Å². The molecule has 0 bridgehead atoms. The Morgan fingerprint density at radius 2 is 1.70 bits per heavy atom. The topological polar surface area (TPSA) is 88.0 Å². The molecule has 1 heterocycles. The molecule has 1 aliphatic heterocycles. The maximum atomic E-state index is 11.5. The normalized spacial score (nSPS) is 12.5. The third-order valence-corrected chi connectivity index (χ3v) is 5.29. The van der Waals surface area contributed by atoms with Gasteiger partial charge < -0.3 is 5.11 Å². The number of nitrogens with zero attached hydrogens (tertiary/aromatic N) is 2. The Balaban J connectivity index is 2.39. The van der Waals surface area contributed by atoms with Crippen LogP contribution in [0.5, 0.6) is 5.75 Å². The van der Waals surface area contributed by atoms with Crippen molar-refractivity contribution >= 4 is 10.3 Å². The van der Waals surface area contributed by atoms with Crippen LogP contribution in [-0.2, 0) is 21.1 Å². The number of aromatic nitrogens is 3. The van der Waals surface area contributed by atoms with Crippen molar-refractivity contribution in [2.45, 2.75) is 52.4 Å². The summed E-state index contributed by atoms with van der Waals surface area (Å²) in [6.07, 6.45) is 0. The first-order valence-electron chi connectivity index (χ1n) is 8.78. The Morgan fingerprint density at radius 3 is 2.26 bits per heavy atom. The second-order valence-electron chi connectivity index (χ2n) is 8.80. The van der Waals surface area contributed by atoms with Crippen molar-refractivity contribution in [2.24, 2.45) is 0 Å². The number of H-pyrrole nitrogens is 1. The van der Waals surface area contributed by atoms with Gasteiger partial charge in [-0.15, -0.1) is 5.10 Å². The van der Waals surface area contributed by atoms with Crippen LogP contribution >= 0.6 is 0 Å². The number of phenolic OH excluding ortho intramolecular Hbond substituents is 1. The molecule has 0 radical (unpaired) electrons. The maximum absolute atomic E-state index is 11.5. The second kappa shape index (κ2) is 6.27. The number of aromatic amines is 1. The minimum Gasteiger partial charge on any atom is -0.505 e. The molecule has 0 aromatic heterocycles. The number of rotatable bonds is 1. The lowest BCUT2D eigenvalue weighted by Gasteiger charge is -2.27. The number of nitrogens with one attached hydrogen (secondary N) is 1. The molecule has 1 aromatic carbocycles. The molecule has 3 rings (SSSR count). The molecule has 0 atom stereocenters. The van der Waals surface area contributed by atoms with Crippen LogP contribution < -0.4 is 0 Å². The second-order valence-corrected chi connectivity index (χ2v) is 9.71. The first-order chi connectivity index (χ1) is 12.4. The van der Waals surface area contributed by atoms with E-state index >= 15 is 0 Å². The lowest BCUT2D eigenvalue weighted by atomic mass is 9.80. The highest BCUT2D eigenvalue weighted by Crippen LogP contribution is 2.39. The molecular formula is C20H25N3O3S. The van der Waals surface area contributed by atoms with E-state index in [4.69, 9.17) is 0 Å². The number of fused-ring (bicyclic) bond motifs is 1. The summed E-state index contributed by atoms with van der Waals surface area (Å²) in [5.41, 5.74) is 2.88. The molecule has 0 fully saturated rings. The maximum Gasteiger partial charge on any atom is 0.223 e. The molecule has 0 unspecified atom stereocenters. The highest BCUT2D eigenvalue weighted by Gasteiger charge is 2.26. The van der Waals surface area contributed by atoms with E-state index in [0.717, 1.165) is 11.1 Å². The predicted octanol–water partition coefficient (Wildman–Crippen LogP) is 4.02. The lowest BCUT2D eigenvalue weighted by molar-refractivity contribution is 0.438. The van der Waals surface area contributed by atoms with Gasteiger partial charge in [-0.2, -0.15) is 13.2 Å². The molecule has 1 aliphatic carbocycles. The van der Waals surface area contributed by atoms with Gasteiger partial charge in [-0.05, 0) is 34.6 Å². The Bertz CT molecular complexity index is 1150. The minimum atomic E-state index is -2.40. The van der Waals surface area contributed by atoms with Crippen LogP contribution in [0, 0.1) is 4.51 Å². The van der Waals surface area contributed by atoms with Crippen LogP contribution in [0.25, 0.3) is 17.1 Å². The highest BCUT2D eigenvalue weighted by molar-refractivity contribution is 7.64. The Kier molecular flexibility index (Phi) is 4.46. The van der Waals surface area contributed by atoms with Crippen LogP contribution in [-0.4, -0.2) is 28.5 Å². The third-order valence-electron chi connectivity index (χ3n) is 4.60. The summed E-state index contributed by atoms with van der Waals surface area (Å²) in [4.78, 5) is 1.45. The first-order valence-corrected chi connectivity index (χ1v) is 9.86. The zero-order valence-electron chi connectivity index (χ0n) is 16.5. The fraction of sp³-hybridized carbons (Fsp3) is 0.400. The number of hydrogen-bond acceptors (Lipinski definition) is 4. The molecule has 27 heavy (non-hydrogen) atoms. The van der Waals surface area contributed by atoms with Crippen LogP contribution in [0.3, 0.4) is 0 Å². The van der Waals surface area contributed by atoms with Crippen molar-refractivity contribution in [3.63, 3.8) is 0 Å². The molecule has 1 aromatic rings. The van der Waals surface area contributed by atoms with Crippen molar-refractivity contribution < 1.29 is 13.5 Å². The largest absolute Gasteiger partial charge is 0.505 e. The molecule has 6 nitrogen and oxygen atoms in total. The highest BCUT2D eigenvalue weighted by atomic mass is 32.2. The Morgan fingerprint density at radius 1 is 1.04 bits per heavy atom. The van der Waals surface area contributed by atoms with Crippen LogP contribution in [0.1, 0.15) is 52.7 Å². The molecule has 144 valence electrons. The van der Waals surface area contributed by atoms with E-state index in [1.807, 2.05) is 32.9 Å². The van der Waals surface area contributed by atoms with Crippen molar-refractivity contribution in [2.75, 3.05) is 0 Å². The van der Waals surface area contributed by atoms with Crippen molar-refractivity contribution in [1.29, 1.82) is 0 Å². The van der Waals surface area contributed by atoms with E-state index in [-0.39, 0.29) is 21.1 Å². The fourth-order valence-corrected chi connectivity index (χ4v) is 3.49. The van der Waals surface area contributed by atoms with Gasteiger partial charge in [0.2, 0.25) is 10.3 Å². The summed E-state index contributed by atoms with van der Waals surface area (Å²) in [5, 5.41) is 18.5. The van der Waals surface area contributed by atoms with Gasteiger partial charge in [0.1, 0.15) is 21.6 Å². The van der Waals surface area contributed by atoms with Crippen molar-refractivity contribution in [1.82, 2.24) is 15.0 Å². The molecule has 0 amide bonds. The standard InChI is InChI=1S/C20H25N3O3S/c1-19(2,3)12-10-13(20(4,5)6)18(24)15(11-12)23-21-14-8-7-9-16(27(25)26)17(14)22-23/h7-11,21,24H,1-6H3. The number of hydrogen-bond donors (Lipinski definition) is 2. The summed E-state index contributed by atoms with van der Waals surface area (Å²) >= 11 is 0. The number of phenols is 1. The van der Waals surface area contributed by atoms with Gasteiger partial charge in [0, 0.05) is 5.56 Å². The Labute approximate surface area is 160 Å². The first kappa shape index (κ1) is 19.2. The van der Waals surface area contributed by atoms with E-state index < -0.39 is 10.3 Å². The van der Waals surface area contributed by atoms with E-state index in [9.17, 15) is 13.5 Å². The lowest BCUT2D eigenvalue weighted by Crippen LogP contribution is -2.18. The Hall–Kier alpha value is -2.54. The van der Waals surface area contributed by atoms with Crippen molar-refractivity contribution in [3.05, 3.63) is 46.0 Å². The van der Waals surface area contributed by atoms with E-state index in [0.29, 0.717) is 17.1 Å². The zero-order chi connectivity index (χ0) is 20.1. The van der Waals surface area contributed by atoms with E-state index in [2.05, 4.69) is 31.0 Å². The molecular weight excluding hydrogens is 362 g/mol. The number of aromatic hydroxyl groups is 1. The monoisotopic (exact) mass is 387 g/mol. The van der Waals surface area contributed by atoms with E-state index in [1.54, 1.807) is 12.1 Å². The van der Waals surface area contributed by atoms with Crippen LogP contribution in [0.15, 0.2) is 30.3 Å². The average Bonchev–Trinajstić information content (AvgIpc) is 2.96. The smallest absolute Gasteiger partial charge is 0.223 e. The van der Waals surface area contributed by atoms with Gasteiger partial charge >= 0.3 is 0 Å². The van der Waals surface area contributed by atoms with Gasteiger partial charge in [-0.3, -0.25) is 5.10 Å². The van der Waals surface area contributed by atoms with Gasteiger partial charge in [0.05, 0.1) is 5.69 Å². The average molecular weight is 388 g/mol. The molecule has 0 spiro atoms. The van der Waals surface area contributed by atoms with E-state index in [1.165, 1.54) is 10.9 Å². The summed E-state index contributed by atoms with van der Waals surface area (Å²) in [7, 11) is -2.40. The molecule has 0 saturated heterocycles. The quantitative estimate of drug-likeness (QED) is 0.617. The predicted molar refractivity (Wildman–Crippen MR) is 106 cm³/mol. The fourth-order valence-electron chi connectivity index (χ4n) is 2.99. The summed E-state index contributed by atoms with van der Waals surface area (Å²) < 4.78 is 23.1. The number of benzene rings is 2. The summed E-state index contributed by atoms with van der Waals surface area (Å²) in [6.45, 7) is 12.5. The molecule has 0 saturated carbocycles. The summed E-state index contributed by atoms with van der Waals surface area (Å²) in [5.74, 6) is 0.129. The minimum absolute atomic E-state index is 0.116. The van der Waals surface area contributed by atoms with Gasteiger partial charge in [0.25, 0.3) is 0 Å². The third kappa shape index (κ3) is 3.51. The van der Waals surface area contributed by atoms with Gasteiger partial charge in [0.15, 0.2) is 0 Å². The molecule has 7 heteroatoms. The van der Waals surface area contributed by atoms with Crippen molar-refractivity contribution in [3.8, 4) is 22.8 Å². The molecule has 2 N–H and O–H groups in total.